The van der Waals surface area contributed by atoms with Gasteiger partial charge in [-0.15, -0.1) is 21.5 Å². The largest absolute Gasteiger partial charge is 0.298 e. The van der Waals surface area contributed by atoms with Crippen LogP contribution in [0.4, 0.5) is 0 Å². The highest BCUT2D eigenvalue weighted by Gasteiger charge is 2.24. The minimum Gasteiger partial charge on any atom is -0.298 e. The van der Waals surface area contributed by atoms with Crippen molar-refractivity contribution >= 4 is 50.9 Å². The van der Waals surface area contributed by atoms with Gasteiger partial charge in [0.15, 0.2) is 9.50 Å². The van der Waals surface area contributed by atoms with Crippen LogP contribution in [0, 0.1) is 0 Å². The fraction of sp³-hybridized carbons (Fsp3) is 0.120. The molecule has 2 heterocycles. The molecule has 0 fully saturated rings. The number of hydrogen-bond acceptors (Lipinski definition) is 7. The molecule has 0 aliphatic heterocycles. The van der Waals surface area contributed by atoms with E-state index in [1.54, 1.807) is 30.0 Å². The van der Waals surface area contributed by atoms with Crippen LogP contribution in [-0.2, 0) is 10.5 Å². The van der Waals surface area contributed by atoms with Crippen molar-refractivity contribution in [2.75, 3.05) is 0 Å². The standard InChI is InChI=1S/C25H20N4OS3/c1-17(30)23(18-10-4-2-5-11-18)33-24-28-27-22(29(24)19-12-6-3-7-13-19)16-31-25-26-20-14-8-9-15-21(20)32-25/h2-15,23H,16H2,1H3. The number of thioether (sulfide) groups is 2. The van der Waals surface area contributed by atoms with Gasteiger partial charge in [-0.3, -0.25) is 9.36 Å². The maximum atomic E-state index is 12.5. The van der Waals surface area contributed by atoms with Crippen LogP contribution < -0.4 is 0 Å². The van der Waals surface area contributed by atoms with Gasteiger partial charge in [0.05, 0.1) is 21.2 Å². The van der Waals surface area contributed by atoms with E-state index in [0.29, 0.717) is 10.9 Å². The van der Waals surface area contributed by atoms with E-state index in [-0.39, 0.29) is 11.0 Å². The van der Waals surface area contributed by atoms with Crippen LogP contribution in [0.2, 0.25) is 0 Å². The van der Waals surface area contributed by atoms with Gasteiger partial charge in [0.1, 0.15) is 11.6 Å². The normalized spacial score (nSPS) is 12.2. The molecule has 5 nitrogen and oxygen atoms in total. The summed E-state index contributed by atoms with van der Waals surface area (Å²) in [6.45, 7) is 1.62. The highest BCUT2D eigenvalue weighted by Crippen LogP contribution is 2.37. The van der Waals surface area contributed by atoms with Crippen molar-refractivity contribution in [3.63, 3.8) is 0 Å². The minimum atomic E-state index is -0.345. The van der Waals surface area contributed by atoms with Crippen LogP contribution in [-0.4, -0.2) is 25.5 Å². The molecule has 33 heavy (non-hydrogen) atoms. The summed E-state index contributed by atoms with van der Waals surface area (Å²) in [7, 11) is 0. The number of para-hydroxylation sites is 2. The Morgan fingerprint density at radius 1 is 0.939 bits per heavy atom. The highest BCUT2D eigenvalue weighted by molar-refractivity contribution is 8.00. The first-order valence-electron chi connectivity index (χ1n) is 10.4. The molecular weight excluding hydrogens is 469 g/mol. The van der Waals surface area contributed by atoms with Crippen LogP contribution in [0.25, 0.3) is 15.9 Å². The Morgan fingerprint density at radius 2 is 1.64 bits per heavy atom. The third-order valence-electron chi connectivity index (χ3n) is 5.01. The van der Waals surface area contributed by atoms with Gasteiger partial charge in [-0.1, -0.05) is 84.2 Å². The molecule has 1 atom stereocenters. The maximum Gasteiger partial charge on any atom is 0.196 e. The number of ketones is 1. The van der Waals surface area contributed by atoms with E-state index in [0.717, 1.165) is 26.9 Å². The van der Waals surface area contributed by atoms with Gasteiger partial charge in [-0.25, -0.2) is 4.98 Å². The Bertz CT molecular complexity index is 1350. The molecule has 3 aromatic carbocycles. The summed E-state index contributed by atoms with van der Waals surface area (Å²) in [4.78, 5) is 17.2. The van der Waals surface area contributed by atoms with Gasteiger partial charge in [-0.05, 0) is 36.8 Å². The molecule has 8 heteroatoms. The zero-order valence-electron chi connectivity index (χ0n) is 17.8. The SMILES string of the molecule is CC(=O)C(Sc1nnc(CSc2nc3ccccc3s2)n1-c1ccccc1)c1ccccc1. The predicted octanol–water partition coefficient (Wildman–Crippen LogP) is 6.59. The van der Waals surface area contributed by atoms with Crippen LogP contribution in [0.15, 0.2) is 94.4 Å². The molecular formula is C25H20N4OS3. The molecule has 0 N–H and O–H groups in total. The lowest BCUT2D eigenvalue weighted by molar-refractivity contribution is -0.116. The molecule has 0 spiro atoms. The molecule has 0 amide bonds. The summed E-state index contributed by atoms with van der Waals surface area (Å²) in [6, 6.07) is 28.0. The van der Waals surface area contributed by atoms with Crippen molar-refractivity contribution in [2.24, 2.45) is 0 Å². The number of nitrogens with zero attached hydrogens (tertiary/aromatic N) is 4. The van der Waals surface area contributed by atoms with E-state index in [1.165, 1.54) is 16.5 Å². The quantitative estimate of drug-likeness (QED) is 0.230. The number of benzene rings is 3. The van der Waals surface area contributed by atoms with E-state index < -0.39 is 0 Å². The Kier molecular flexibility index (Phi) is 6.57. The topological polar surface area (TPSA) is 60.7 Å². The second-order valence-electron chi connectivity index (χ2n) is 7.33. The lowest BCUT2D eigenvalue weighted by Crippen LogP contribution is -2.08. The van der Waals surface area contributed by atoms with Crippen LogP contribution in [0.1, 0.15) is 23.6 Å². The van der Waals surface area contributed by atoms with E-state index in [9.17, 15) is 4.79 Å². The van der Waals surface area contributed by atoms with Crippen LogP contribution >= 0.6 is 34.9 Å². The molecule has 0 aliphatic rings. The lowest BCUT2D eigenvalue weighted by atomic mass is 10.1. The van der Waals surface area contributed by atoms with Crippen LogP contribution in [0.5, 0.6) is 0 Å². The maximum absolute atomic E-state index is 12.5. The van der Waals surface area contributed by atoms with Gasteiger partial charge in [0.2, 0.25) is 0 Å². The predicted molar refractivity (Wildman–Crippen MR) is 136 cm³/mol. The highest BCUT2D eigenvalue weighted by atomic mass is 32.2. The molecule has 5 rings (SSSR count). The minimum absolute atomic E-state index is 0.0826. The number of aromatic nitrogens is 4. The number of Topliss-reactive ketones (excluding diaryl/α,β-unsaturated/α-hetero) is 1. The lowest BCUT2D eigenvalue weighted by Gasteiger charge is -2.15. The van der Waals surface area contributed by atoms with Gasteiger partial charge in [-0.2, -0.15) is 0 Å². The van der Waals surface area contributed by atoms with Gasteiger partial charge in [0.25, 0.3) is 0 Å². The van der Waals surface area contributed by atoms with E-state index >= 15 is 0 Å². The zero-order valence-corrected chi connectivity index (χ0v) is 20.2. The Balaban J connectivity index is 1.46. The van der Waals surface area contributed by atoms with Crippen molar-refractivity contribution in [3.05, 3.63) is 96.3 Å². The first kappa shape index (κ1) is 21.9. The summed E-state index contributed by atoms with van der Waals surface area (Å²) < 4.78 is 4.22. The molecule has 0 saturated carbocycles. The molecule has 0 radical (unpaired) electrons. The Hall–Kier alpha value is -2.94. The summed E-state index contributed by atoms with van der Waals surface area (Å²) in [6.07, 6.45) is 0. The van der Waals surface area contributed by atoms with Crippen molar-refractivity contribution in [1.82, 2.24) is 19.7 Å². The first-order chi connectivity index (χ1) is 16.2. The number of carbonyl (C=O) groups excluding carboxylic acids is 1. The van der Waals surface area contributed by atoms with E-state index in [1.807, 2.05) is 83.4 Å². The average molecular weight is 489 g/mol. The van der Waals surface area contributed by atoms with Crippen molar-refractivity contribution in [2.45, 2.75) is 27.4 Å². The fourth-order valence-electron chi connectivity index (χ4n) is 3.46. The first-order valence-corrected chi connectivity index (χ1v) is 13.1. The summed E-state index contributed by atoms with van der Waals surface area (Å²) >= 11 is 4.77. The molecule has 5 aromatic rings. The number of thiazole rings is 1. The smallest absolute Gasteiger partial charge is 0.196 e. The number of rotatable bonds is 8. The number of hydrogen-bond donors (Lipinski definition) is 0. The van der Waals surface area contributed by atoms with Crippen molar-refractivity contribution in [1.29, 1.82) is 0 Å². The second-order valence-corrected chi connectivity index (χ2v) is 10.7. The van der Waals surface area contributed by atoms with E-state index in [2.05, 4.69) is 16.3 Å². The van der Waals surface area contributed by atoms with Gasteiger partial charge in [0, 0.05) is 5.69 Å². The van der Waals surface area contributed by atoms with Gasteiger partial charge < -0.3 is 0 Å². The van der Waals surface area contributed by atoms with Crippen LogP contribution in [0.3, 0.4) is 0 Å². The summed E-state index contributed by atoms with van der Waals surface area (Å²) in [5.74, 6) is 1.53. The number of fused-ring (bicyclic) bond motifs is 1. The Labute approximate surface area is 204 Å². The fourth-order valence-corrected chi connectivity index (χ4v) is 6.52. The van der Waals surface area contributed by atoms with Crippen molar-refractivity contribution in [3.8, 4) is 5.69 Å². The monoisotopic (exact) mass is 488 g/mol. The third kappa shape index (κ3) is 4.88. The molecule has 0 aliphatic carbocycles. The third-order valence-corrected chi connectivity index (χ3v) is 8.50. The van der Waals surface area contributed by atoms with Crippen molar-refractivity contribution < 1.29 is 4.79 Å². The van der Waals surface area contributed by atoms with Gasteiger partial charge >= 0.3 is 0 Å². The molecule has 1 unspecified atom stereocenters. The summed E-state index contributed by atoms with van der Waals surface area (Å²) in [5, 5.41) is 9.35. The second kappa shape index (κ2) is 9.91. The Morgan fingerprint density at radius 3 is 2.36 bits per heavy atom. The number of carbonyl (C=O) groups is 1. The molecule has 164 valence electrons. The zero-order chi connectivity index (χ0) is 22.6. The average Bonchev–Trinajstić information content (AvgIpc) is 3.45. The molecule has 0 bridgehead atoms. The molecule has 0 saturated heterocycles. The summed E-state index contributed by atoms with van der Waals surface area (Å²) in [5.41, 5.74) is 2.95. The molecule has 2 aromatic heterocycles. The van der Waals surface area contributed by atoms with E-state index in [4.69, 9.17) is 4.98 Å².